The molecule has 0 atom stereocenters. The first-order valence-corrected chi connectivity index (χ1v) is 7.27. The van der Waals surface area contributed by atoms with Crippen molar-refractivity contribution in [1.29, 1.82) is 5.26 Å². The molecule has 1 aromatic rings. The number of nitriles is 1. The van der Waals surface area contributed by atoms with Gasteiger partial charge in [0, 0.05) is 18.7 Å². The maximum absolute atomic E-state index is 12.0. The number of amides is 2. The minimum Gasteiger partial charge on any atom is -0.333 e. The van der Waals surface area contributed by atoms with Crippen LogP contribution in [0.4, 0.5) is 5.69 Å². The topological polar surface area (TPSA) is 73.2 Å². The van der Waals surface area contributed by atoms with Crippen LogP contribution in [0.25, 0.3) is 0 Å². The van der Waals surface area contributed by atoms with E-state index in [9.17, 15) is 9.59 Å². The van der Waals surface area contributed by atoms with Crippen LogP contribution in [-0.2, 0) is 9.59 Å². The lowest BCUT2D eigenvalue weighted by Gasteiger charge is -2.24. The number of carbonyl (C=O) groups is 2. The molecule has 5 nitrogen and oxygen atoms in total. The highest BCUT2D eigenvalue weighted by molar-refractivity contribution is 5.94. The summed E-state index contributed by atoms with van der Waals surface area (Å²) in [5.41, 5.74) is 1.19. The summed E-state index contributed by atoms with van der Waals surface area (Å²) in [7, 11) is 0. The standard InChI is InChI=1S/C16H19N3O2/c17-11-13-6-8-14(9-7-13)18-15(20)12-19-10-4-2-1-3-5-16(19)21/h6-9H,1-5,10,12H2,(H,18,20). The van der Waals surface area contributed by atoms with E-state index in [0.29, 0.717) is 24.2 Å². The van der Waals surface area contributed by atoms with Gasteiger partial charge in [0.15, 0.2) is 0 Å². The van der Waals surface area contributed by atoms with Crippen molar-refractivity contribution in [2.45, 2.75) is 32.1 Å². The Bertz CT molecular complexity index is 546. The average molecular weight is 285 g/mol. The average Bonchev–Trinajstić information content (AvgIpc) is 2.48. The first-order valence-electron chi connectivity index (χ1n) is 7.27. The smallest absolute Gasteiger partial charge is 0.243 e. The normalized spacial score (nSPS) is 15.8. The molecule has 0 aliphatic carbocycles. The van der Waals surface area contributed by atoms with Crippen molar-refractivity contribution < 1.29 is 9.59 Å². The Morgan fingerprint density at radius 1 is 1.19 bits per heavy atom. The monoisotopic (exact) mass is 285 g/mol. The lowest BCUT2D eigenvalue weighted by Crippen LogP contribution is -2.39. The molecule has 1 fully saturated rings. The van der Waals surface area contributed by atoms with Gasteiger partial charge in [-0.25, -0.2) is 0 Å². The second kappa shape index (κ2) is 7.44. The lowest BCUT2D eigenvalue weighted by atomic mass is 10.1. The molecule has 0 spiro atoms. The van der Waals surface area contributed by atoms with Gasteiger partial charge >= 0.3 is 0 Å². The number of likely N-dealkylation sites (tertiary alicyclic amines) is 1. The largest absolute Gasteiger partial charge is 0.333 e. The van der Waals surface area contributed by atoms with Gasteiger partial charge in [-0.15, -0.1) is 0 Å². The summed E-state index contributed by atoms with van der Waals surface area (Å²) in [6, 6.07) is 8.70. The fourth-order valence-electron chi connectivity index (χ4n) is 2.38. The van der Waals surface area contributed by atoms with Crippen molar-refractivity contribution >= 4 is 17.5 Å². The molecule has 2 rings (SSSR count). The van der Waals surface area contributed by atoms with Gasteiger partial charge in [-0.3, -0.25) is 9.59 Å². The molecule has 0 bridgehead atoms. The number of nitrogens with one attached hydrogen (secondary N) is 1. The SMILES string of the molecule is N#Cc1ccc(NC(=O)CN2CCCCCCC2=O)cc1. The summed E-state index contributed by atoms with van der Waals surface area (Å²) in [6.07, 6.45) is 4.60. The third-order valence-electron chi connectivity index (χ3n) is 3.55. The number of hydrogen-bond donors (Lipinski definition) is 1. The highest BCUT2D eigenvalue weighted by atomic mass is 16.2. The fourth-order valence-corrected chi connectivity index (χ4v) is 2.38. The molecule has 1 heterocycles. The van der Waals surface area contributed by atoms with Gasteiger partial charge in [-0.1, -0.05) is 12.8 Å². The van der Waals surface area contributed by atoms with Crippen molar-refractivity contribution in [3.63, 3.8) is 0 Å². The Labute approximate surface area is 124 Å². The van der Waals surface area contributed by atoms with Crippen LogP contribution in [0.1, 0.15) is 37.7 Å². The molecular formula is C16H19N3O2. The summed E-state index contributed by atoms with van der Waals surface area (Å²) < 4.78 is 0. The minimum atomic E-state index is -0.200. The summed E-state index contributed by atoms with van der Waals surface area (Å²) in [5, 5.41) is 11.5. The maximum Gasteiger partial charge on any atom is 0.243 e. The molecule has 1 aliphatic heterocycles. The summed E-state index contributed by atoms with van der Waals surface area (Å²) in [6.45, 7) is 0.748. The van der Waals surface area contributed by atoms with E-state index in [1.807, 2.05) is 6.07 Å². The lowest BCUT2D eigenvalue weighted by molar-refractivity contribution is -0.135. The summed E-state index contributed by atoms with van der Waals surface area (Å²) in [4.78, 5) is 25.6. The Hall–Kier alpha value is -2.35. The van der Waals surface area contributed by atoms with Crippen LogP contribution in [0.3, 0.4) is 0 Å². The Kier molecular flexibility index (Phi) is 5.33. The van der Waals surface area contributed by atoms with E-state index >= 15 is 0 Å². The highest BCUT2D eigenvalue weighted by Crippen LogP contribution is 2.12. The second-order valence-corrected chi connectivity index (χ2v) is 5.22. The molecule has 0 unspecified atom stereocenters. The quantitative estimate of drug-likeness (QED) is 0.926. The number of hydrogen-bond acceptors (Lipinski definition) is 3. The molecule has 5 heteroatoms. The van der Waals surface area contributed by atoms with Gasteiger partial charge in [-0.2, -0.15) is 5.26 Å². The van der Waals surface area contributed by atoms with Gasteiger partial charge in [0.05, 0.1) is 18.2 Å². The van der Waals surface area contributed by atoms with Crippen LogP contribution < -0.4 is 5.32 Å². The van der Waals surface area contributed by atoms with E-state index in [1.54, 1.807) is 29.2 Å². The third kappa shape index (κ3) is 4.60. The molecule has 0 aromatic heterocycles. The number of anilines is 1. The van der Waals surface area contributed by atoms with Crippen molar-refractivity contribution in [2.75, 3.05) is 18.4 Å². The Morgan fingerprint density at radius 2 is 1.90 bits per heavy atom. The number of carbonyl (C=O) groups excluding carboxylic acids is 2. The van der Waals surface area contributed by atoms with E-state index in [0.717, 1.165) is 25.7 Å². The van der Waals surface area contributed by atoms with Gasteiger partial charge < -0.3 is 10.2 Å². The predicted molar refractivity (Wildman–Crippen MR) is 79.5 cm³/mol. The Balaban J connectivity index is 1.90. The van der Waals surface area contributed by atoms with Crippen molar-refractivity contribution in [1.82, 2.24) is 4.90 Å². The third-order valence-corrected chi connectivity index (χ3v) is 3.55. The summed E-state index contributed by atoms with van der Waals surface area (Å²) in [5.74, 6) is -0.140. The summed E-state index contributed by atoms with van der Waals surface area (Å²) >= 11 is 0. The molecule has 1 aromatic carbocycles. The fraction of sp³-hybridized carbons (Fsp3) is 0.438. The zero-order chi connectivity index (χ0) is 15.1. The van der Waals surface area contributed by atoms with Gasteiger partial charge in [0.1, 0.15) is 0 Å². The van der Waals surface area contributed by atoms with Crippen LogP contribution in [0.2, 0.25) is 0 Å². The number of benzene rings is 1. The molecule has 1 N–H and O–H groups in total. The molecule has 2 amide bonds. The van der Waals surface area contributed by atoms with Crippen LogP contribution in [0.15, 0.2) is 24.3 Å². The minimum absolute atomic E-state index is 0.0599. The molecule has 0 saturated carbocycles. The zero-order valence-corrected chi connectivity index (χ0v) is 12.0. The highest BCUT2D eigenvalue weighted by Gasteiger charge is 2.18. The van der Waals surface area contributed by atoms with Crippen molar-refractivity contribution in [3.05, 3.63) is 29.8 Å². The van der Waals surface area contributed by atoms with Crippen molar-refractivity contribution in [2.24, 2.45) is 0 Å². The molecular weight excluding hydrogens is 266 g/mol. The maximum atomic E-state index is 12.0. The first-order chi connectivity index (χ1) is 10.2. The van der Waals surface area contributed by atoms with Crippen LogP contribution in [0.5, 0.6) is 0 Å². The Morgan fingerprint density at radius 3 is 2.62 bits per heavy atom. The molecule has 1 saturated heterocycles. The first kappa shape index (κ1) is 15.0. The number of nitrogens with zero attached hydrogens (tertiary/aromatic N) is 2. The molecule has 21 heavy (non-hydrogen) atoms. The van der Waals surface area contributed by atoms with E-state index in [2.05, 4.69) is 5.32 Å². The second-order valence-electron chi connectivity index (χ2n) is 5.22. The van der Waals surface area contributed by atoms with Crippen LogP contribution in [-0.4, -0.2) is 29.8 Å². The molecule has 110 valence electrons. The number of rotatable bonds is 3. The predicted octanol–water partition coefficient (Wildman–Crippen LogP) is 2.29. The van der Waals surface area contributed by atoms with E-state index < -0.39 is 0 Å². The van der Waals surface area contributed by atoms with Crippen LogP contribution >= 0.6 is 0 Å². The van der Waals surface area contributed by atoms with Gasteiger partial charge in [0.25, 0.3) is 0 Å². The van der Waals surface area contributed by atoms with E-state index in [1.165, 1.54) is 0 Å². The van der Waals surface area contributed by atoms with Crippen molar-refractivity contribution in [3.8, 4) is 6.07 Å². The molecule has 0 radical (unpaired) electrons. The van der Waals surface area contributed by atoms with E-state index in [4.69, 9.17) is 5.26 Å². The van der Waals surface area contributed by atoms with Crippen LogP contribution in [0, 0.1) is 11.3 Å². The molecule has 1 aliphatic rings. The van der Waals surface area contributed by atoms with E-state index in [-0.39, 0.29) is 18.4 Å². The van der Waals surface area contributed by atoms with Gasteiger partial charge in [0.2, 0.25) is 11.8 Å². The van der Waals surface area contributed by atoms with Gasteiger partial charge in [-0.05, 0) is 37.1 Å². The zero-order valence-electron chi connectivity index (χ0n) is 12.0.